The van der Waals surface area contributed by atoms with Crippen LogP contribution in [0.3, 0.4) is 0 Å². The lowest BCUT2D eigenvalue weighted by molar-refractivity contribution is 0.0495. The highest BCUT2D eigenvalue weighted by Gasteiger charge is 2.39. The molecule has 0 bridgehead atoms. The van der Waals surface area contributed by atoms with Crippen LogP contribution in [-0.4, -0.2) is 60.8 Å². The van der Waals surface area contributed by atoms with Crippen molar-refractivity contribution in [2.75, 3.05) is 24.7 Å². The molecule has 0 unspecified atom stereocenters. The third-order valence-corrected chi connectivity index (χ3v) is 6.48. The van der Waals surface area contributed by atoms with E-state index in [1.54, 1.807) is 24.3 Å². The van der Waals surface area contributed by atoms with E-state index in [0.717, 1.165) is 12.8 Å². The Kier molecular flexibility index (Phi) is 4.73. The maximum Gasteiger partial charge on any atom is 0.262 e. The van der Waals surface area contributed by atoms with Crippen LogP contribution in [0.15, 0.2) is 24.3 Å². The number of amides is 2. The summed E-state index contributed by atoms with van der Waals surface area (Å²) in [5.41, 5.74) is 0.856. The van der Waals surface area contributed by atoms with Crippen molar-refractivity contribution in [1.82, 2.24) is 9.80 Å². The van der Waals surface area contributed by atoms with Crippen LogP contribution in [0, 0.1) is 0 Å². The Morgan fingerprint density at radius 2 is 1.79 bits per heavy atom. The van der Waals surface area contributed by atoms with Gasteiger partial charge in [-0.1, -0.05) is 25.5 Å². The van der Waals surface area contributed by atoms with Crippen LogP contribution >= 0.6 is 0 Å². The molecule has 2 aliphatic heterocycles. The first-order valence-electron chi connectivity index (χ1n) is 8.32. The van der Waals surface area contributed by atoms with Crippen molar-refractivity contribution >= 4 is 21.7 Å². The molecule has 0 saturated carbocycles. The lowest BCUT2D eigenvalue weighted by atomic mass is 10.1. The van der Waals surface area contributed by atoms with Gasteiger partial charge in [0, 0.05) is 12.6 Å². The quantitative estimate of drug-likeness (QED) is 0.728. The summed E-state index contributed by atoms with van der Waals surface area (Å²) in [5.74, 6) is -0.293. The van der Waals surface area contributed by atoms with Gasteiger partial charge in [0.15, 0.2) is 9.84 Å². The molecule has 7 heteroatoms. The van der Waals surface area contributed by atoms with E-state index in [1.165, 1.54) is 4.90 Å². The van der Waals surface area contributed by atoms with Gasteiger partial charge in [-0.3, -0.25) is 19.4 Å². The second-order valence-electron chi connectivity index (χ2n) is 6.45. The summed E-state index contributed by atoms with van der Waals surface area (Å²) >= 11 is 0. The monoisotopic (exact) mass is 350 g/mol. The van der Waals surface area contributed by atoms with E-state index in [1.807, 2.05) is 4.90 Å². The normalized spacial score (nSPS) is 22.4. The Bertz CT molecular complexity index is 725. The highest BCUT2D eigenvalue weighted by atomic mass is 32.2. The van der Waals surface area contributed by atoms with E-state index in [0.29, 0.717) is 24.1 Å². The molecular formula is C17H22N2O4S. The van der Waals surface area contributed by atoms with E-state index in [2.05, 4.69) is 6.92 Å². The summed E-state index contributed by atoms with van der Waals surface area (Å²) in [6, 6.07) is 6.68. The van der Waals surface area contributed by atoms with Crippen LogP contribution in [0.1, 0.15) is 46.9 Å². The van der Waals surface area contributed by atoms with E-state index < -0.39 is 9.84 Å². The highest BCUT2D eigenvalue weighted by molar-refractivity contribution is 7.91. The summed E-state index contributed by atoms with van der Waals surface area (Å²) < 4.78 is 23.6. The van der Waals surface area contributed by atoms with Gasteiger partial charge in [-0.15, -0.1) is 0 Å². The number of hydrogen-bond donors (Lipinski definition) is 0. The summed E-state index contributed by atoms with van der Waals surface area (Å²) in [6.45, 7) is 2.90. The number of fused-ring (bicyclic) bond motifs is 1. The fraction of sp³-hybridized carbons (Fsp3) is 0.529. The second kappa shape index (κ2) is 6.64. The van der Waals surface area contributed by atoms with Crippen molar-refractivity contribution in [2.24, 2.45) is 0 Å². The largest absolute Gasteiger partial charge is 0.281 e. The van der Waals surface area contributed by atoms with Crippen molar-refractivity contribution in [2.45, 2.75) is 32.2 Å². The molecule has 0 aliphatic carbocycles. The summed E-state index contributed by atoms with van der Waals surface area (Å²) in [7, 11) is -3.01. The standard InChI is InChI=1S/C17H22N2O4S/c1-2-3-9-18(13-8-10-24(22,23)11-13)12-19-16(20)14-6-4-5-7-15(14)17(19)21/h4-7,13H,2-3,8-12H2,1H3/t13-/m1/s1. The molecule has 1 fully saturated rings. The summed E-state index contributed by atoms with van der Waals surface area (Å²) in [4.78, 5) is 28.3. The molecule has 1 atom stereocenters. The molecule has 1 aromatic rings. The molecule has 2 amide bonds. The molecule has 130 valence electrons. The SMILES string of the molecule is CCCCN(CN1C(=O)c2ccccc2C1=O)[C@@H]1CCS(=O)(=O)C1. The molecule has 0 spiro atoms. The van der Waals surface area contributed by atoms with Gasteiger partial charge in [0.25, 0.3) is 11.8 Å². The fourth-order valence-electron chi connectivity index (χ4n) is 3.34. The third kappa shape index (κ3) is 3.23. The molecule has 0 radical (unpaired) electrons. The third-order valence-electron chi connectivity index (χ3n) is 4.72. The van der Waals surface area contributed by atoms with Crippen molar-refractivity contribution in [3.05, 3.63) is 35.4 Å². The van der Waals surface area contributed by atoms with Gasteiger partial charge in [0.05, 0.1) is 29.3 Å². The lowest BCUT2D eigenvalue weighted by Crippen LogP contribution is -2.46. The highest BCUT2D eigenvalue weighted by Crippen LogP contribution is 2.25. The maximum absolute atomic E-state index is 12.5. The fourth-order valence-corrected chi connectivity index (χ4v) is 5.10. The van der Waals surface area contributed by atoms with Gasteiger partial charge >= 0.3 is 0 Å². The number of hydrogen-bond acceptors (Lipinski definition) is 5. The number of nitrogens with zero attached hydrogens (tertiary/aromatic N) is 2. The average Bonchev–Trinajstić information content (AvgIpc) is 3.04. The molecule has 1 saturated heterocycles. The first-order chi connectivity index (χ1) is 11.4. The lowest BCUT2D eigenvalue weighted by Gasteiger charge is -2.31. The molecule has 1 aromatic carbocycles. The zero-order valence-corrected chi connectivity index (χ0v) is 14.6. The first-order valence-corrected chi connectivity index (χ1v) is 10.1. The minimum atomic E-state index is -3.01. The average molecular weight is 350 g/mol. The van der Waals surface area contributed by atoms with Crippen molar-refractivity contribution in [3.63, 3.8) is 0 Å². The van der Waals surface area contributed by atoms with E-state index in [4.69, 9.17) is 0 Å². The Labute approximate surface area is 142 Å². The molecule has 24 heavy (non-hydrogen) atoms. The molecule has 2 heterocycles. The van der Waals surface area contributed by atoms with Crippen molar-refractivity contribution in [3.8, 4) is 0 Å². The zero-order valence-electron chi connectivity index (χ0n) is 13.8. The molecule has 2 aliphatic rings. The molecule has 6 nitrogen and oxygen atoms in total. The van der Waals surface area contributed by atoms with Gasteiger partial charge < -0.3 is 0 Å². The van der Waals surface area contributed by atoms with E-state index in [9.17, 15) is 18.0 Å². The molecule has 3 rings (SSSR count). The molecule has 0 aromatic heterocycles. The number of carbonyl (C=O) groups is 2. The predicted octanol–water partition coefficient (Wildman–Crippen LogP) is 1.53. The maximum atomic E-state index is 12.5. The van der Waals surface area contributed by atoms with Crippen LogP contribution in [0.5, 0.6) is 0 Å². The minimum absolute atomic E-state index is 0.111. The van der Waals surface area contributed by atoms with Gasteiger partial charge in [0.2, 0.25) is 0 Å². The van der Waals surface area contributed by atoms with Crippen LogP contribution in [-0.2, 0) is 9.84 Å². The summed E-state index contributed by atoms with van der Waals surface area (Å²) in [6.07, 6.45) is 2.44. The first kappa shape index (κ1) is 17.1. The number of benzene rings is 1. The van der Waals surface area contributed by atoms with Crippen LogP contribution in [0.2, 0.25) is 0 Å². The minimum Gasteiger partial charge on any atom is -0.281 e. The number of imide groups is 1. The van der Waals surface area contributed by atoms with Gasteiger partial charge in [-0.25, -0.2) is 8.42 Å². The smallest absolute Gasteiger partial charge is 0.262 e. The van der Waals surface area contributed by atoms with Gasteiger partial charge in [0.1, 0.15) is 0 Å². The Hall–Kier alpha value is -1.73. The predicted molar refractivity (Wildman–Crippen MR) is 90.5 cm³/mol. The van der Waals surface area contributed by atoms with E-state index >= 15 is 0 Å². The Morgan fingerprint density at radius 1 is 1.17 bits per heavy atom. The molecular weight excluding hydrogens is 328 g/mol. The second-order valence-corrected chi connectivity index (χ2v) is 8.68. The Morgan fingerprint density at radius 3 is 2.29 bits per heavy atom. The van der Waals surface area contributed by atoms with Crippen molar-refractivity contribution in [1.29, 1.82) is 0 Å². The number of sulfone groups is 1. The Balaban J connectivity index is 1.78. The molecule has 0 N–H and O–H groups in total. The van der Waals surface area contributed by atoms with Crippen LogP contribution in [0.25, 0.3) is 0 Å². The van der Waals surface area contributed by atoms with Crippen molar-refractivity contribution < 1.29 is 18.0 Å². The summed E-state index contributed by atoms with van der Waals surface area (Å²) in [5, 5.41) is 0. The van der Waals surface area contributed by atoms with Gasteiger partial charge in [-0.2, -0.15) is 0 Å². The van der Waals surface area contributed by atoms with Crippen LogP contribution in [0.4, 0.5) is 0 Å². The number of carbonyl (C=O) groups excluding carboxylic acids is 2. The zero-order chi connectivity index (χ0) is 17.3. The van der Waals surface area contributed by atoms with Crippen LogP contribution < -0.4 is 0 Å². The van der Waals surface area contributed by atoms with E-state index in [-0.39, 0.29) is 36.0 Å². The number of unbranched alkanes of at least 4 members (excludes halogenated alkanes) is 1. The number of rotatable bonds is 6. The topological polar surface area (TPSA) is 74.8 Å². The van der Waals surface area contributed by atoms with Gasteiger partial charge in [-0.05, 0) is 25.0 Å².